The predicted molar refractivity (Wildman–Crippen MR) is 62.7 cm³/mol. The lowest BCUT2D eigenvalue weighted by molar-refractivity contribution is -0.119. The van der Waals surface area contributed by atoms with Gasteiger partial charge in [0, 0.05) is 11.1 Å². The Morgan fingerprint density at radius 3 is 2.80 bits per heavy atom. The van der Waals surface area contributed by atoms with Crippen molar-refractivity contribution >= 4 is 27.2 Å². The number of thiophene rings is 1. The summed E-state index contributed by atoms with van der Waals surface area (Å²) in [6.07, 6.45) is -0.550. The third kappa shape index (κ3) is 2.07. The fourth-order valence-corrected chi connectivity index (χ4v) is 2.44. The van der Waals surface area contributed by atoms with Gasteiger partial charge in [0.15, 0.2) is 5.78 Å². The second-order valence-electron chi connectivity index (χ2n) is 3.43. The van der Waals surface area contributed by atoms with Gasteiger partial charge in [-0.1, -0.05) is 18.2 Å². The van der Waals surface area contributed by atoms with Gasteiger partial charge in [-0.2, -0.15) is 0 Å². The summed E-state index contributed by atoms with van der Waals surface area (Å²) in [4.78, 5) is 11.4. The van der Waals surface area contributed by atoms with Gasteiger partial charge in [-0.05, 0) is 22.4 Å². The van der Waals surface area contributed by atoms with Crippen LogP contribution in [-0.4, -0.2) is 11.9 Å². The number of hydrogen-bond donors (Lipinski definition) is 2. The molecule has 0 fully saturated rings. The smallest absolute Gasteiger partial charge is 0.168 e. The minimum atomic E-state index is -0.872. The average molecular weight is 220 g/mol. The molecule has 0 saturated carbocycles. The fourth-order valence-electron chi connectivity index (χ4n) is 1.48. The molecule has 4 N–H and O–H groups in total. The van der Waals surface area contributed by atoms with Gasteiger partial charge in [-0.25, -0.2) is 0 Å². The molecule has 0 aliphatic carbocycles. The fraction of sp³-hybridized carbons (Fsp3) is 0.182. The van der Waals surface area contributed by atoms with Crippen LogP contribution in [0.25, 0.3) is 10.1 Å². The summed E-state index contributed by atoms with van der Waals surface area (Å²) in [6, 6.07) is 8.00. The highest BCUT2D eigenvalue weighted by molar-refractivity contribution is 7.17. The Kier molecular flexibility index (Phi) is 2.81. The standard InChI is InChI=1S/C11H12N2OS/c12-11(13)9(14)5-7-6-15-10-4-2-1-3-8(7)10/h1-4,6,11H,5,12-13H2. The molecule has 2 aromatic rings. The van der Waals surface area contributed by atoms with Gasteiger partial charge in [0.25, 0.3) is 0 Å². The van der Waals surface area contributed by atoms with Crippen LogP contribution in [0.15, 0.2) is 29.6 Å². The molecule has 0 spiro atoms. The van der Waals surface area contributed by atoms with E-state index < -0.39 is 6.17 Å². The van der Waals surface area contributed by atoms with Crippen LogP contribution in [0.3, 0.4) is 0 Å². The van der Waals surface area contributed by atoms with Crippen molar-refractivity contribution in [3.63, 3.8) is 0 Å². The van der Waals surface area contributed by atoms with E-state index in [1.807, 2.05) is 29.6 Å². The van der Waals surface area contributed by atoms with Crippen molar-refractivity contribution in [3.05, 3.63) is 35.2 Å². The van der Waals surface area contributed by atoms with Crippen molar-refractivity contribution in [1.82, 2.24) is 0 Å². The third-order valence-electron chi connectivity index (χ3n) is 2.30. The molecule has 1 aromatic carbocycles. The normalized spacial score (nSPS) is 11.1. The third-order valence-corrected chi connectivity index (χ3v) is 3.31. The van der Waals surface area contributed by atoms with Gasteiger partial charge in [0.1, 0.15) is 6.17 Å². The van der Waals surface area contributed by atoms with Crippen molar-refractivity contribution < 1.29 is 4.79 Å². The maximum absolute atomic E-state index is 11.4. The van der Waals surface area contributed by atoms with Gasteiger partial charge in [-0.15, -0.1) is 11.3 Å². The van der Waals surface area contributed by atoms with Crippen LogP contribution >= 0.6 is 11.3 Å². The molecule has 1 aromatic heterocycles. The Hall–Kier alpha value is -1.23. The minimum absolute atomic E-state index is 0.126. The topological polar surface area (TPSA) is 69.1 Å². The molecule has 3 nitrogen and oxygen atoms in total. The quantitative estimate of drug-likeness (QED) is 0.765. The van der Waals surface area contributed by atoms with E-state index in [2.05, 4.69) is 0 Å². The van der Waals surface area contributed by atoms with E-state index in [-0.39, 0.29) is 5.78 Å². The van der Waals surface area contributed by atoms with E-state index in [1.54, 1.807) is 11.3 Å². The molecule has 2 rings (SSSR count). The van der Waals surface area contributed by atoms with Gasteiger partial charge in [-0.3, -0.25) is 4.79 Å². The molecular formula is C11H12N2OS. The van der Waals surface area contributed by atoms with Crippen molar-refractivity contribution in [2.45, 2.75) is 12.6 Å². The maximum atomic E-state index is 11.4. The van der Waals surface area contributed by atoms with E-state index in [0.717, 1.165) is 10.9 Å². The van der Waals surface area contributed by atoms with Crippen molar-refractivity contribution in [3.8, 4) is 0 Å². The Bertz CT molecular complexity index is 490. The molecule has 1 heterocycles. The van der Waals surface area contributed by atoms with E-state index in [1.165, 1.54) is 4.70 Å². The Morgan fingerprint density at radius 2 is 2.07 bits per heavy atom. The van der Waals surface area contributed by atoms with Gasteiger partial charge >= 0.3 is 0 Å². The molecule has 0 bridgehead atoms. The number of nitrogens with two attached hydrogens (primary N) is 2. The second kappa shape index (κ2) is 4.10. The van der Waals surface area contributed by atoms with Crippen LogP contribution in [0.1, 0.15) is 5.56 Å². The van der Waals surface area contributed by atoms with Crippen molar-refractivity contribution in [2.24, 2.45) is 11.5 Å². The zero-order valence-electron chi connectivity index (χ0n) is 8.14. The molecule has 4 heteroatoms. The lowest BCUT2D eigenvalue weighted by Gasteiger charge is -2.02. The molecule has 15 heavy (non-hydrogen) atoms. The number of hydrogen-bond acceptors (Lipinski definition) is 4. The minimum Gasteiger partial charge on any atom is -0.310 e. The molecule has 0 radical (unpaired) electrons. The van der Waals surface area contributed by atoms with E-state index in [9.17, 15) is 4.79 Å². The summed E-state index contributed by atoms with van der Waals surface area (Å²) < 4.78 is 1.19. The van der Waals surface area contributed by atoms with E-state index in [4.69, 9.17) is 11.5 Å². The van der Waals surface area contributed by atoms with Crippen LogP contribution in [0, 0.1) is 0 Å². The highest BCUT2D eigenvalue weighted by atomic mass is 32.1. The van der Waals surface area contributed by atoms with Crippen LogP contribution in [-0.2, 0) is 11.2 Å². The van der Waals surface area contributed by atoms with Gasteiger partial charge in [0.05, 0.1) is 0 Å². The molecule has 0 aliphatic rings. The lowest BCUT2D eigenvalue weighted by Crippen LogP contribution is -2.40. The monoisotopic (exact) mass is 220 g/mol. The number of ketones is 1. The highest BCUT2D eigenvalue weighted by Gasteiger charge is 2.11. The molecule has 0 atom stereocenters. The van der Waals surface area contributed by atoms with Crippen LogP contribution in [0.2, 0.25) is 0 Å². The van der Waals surface area contributed by atoms with Crippen LogP contribution < -0.4 is 11.5 Å². The van der Waals surface area contributed by atoms with Gasteiger partial charge in [0.2, 0.25) is 0 Å². The molecule has 0 unspecified atom stereocenters. The summed E-state index contributed by atoms with van der Waals surface area (Å²) in [7, 11) is 0. The first-order valence-corrected chi connectivity index (χ1v) is 5.55. The lowest BCUT2D eigenvalue weighted by atomic mass is 10.1. The summed E-state index contributed by atoms with van der Waals surface area (Å²) >= 11 is 1.63. The largest absolute Gasteiger partial charge is 0.310 e. The number of carbonyl (C=O) groups is 1. The number of carbonyl (C=O) groups excluding carboxylic acids is 1. The van der Waals surface area contributed by atoms with Crippen LogP contribution in [0.4, 0.5) is 0 Å². The summed E-state index contributed by atoms with van der Waals surface area (Å²) in [5.41, 5.74) is 11.7. The van der Waals surface area contributed by atoms with Crippen LogP contribution in [0.5, 0.6) is 0 Å². The second-order valence-corrected chi connectivity index (χ2v) is 4.34. The number of fused-ring (bicyclic) bond motifs is 1. The molecule has 0 saturated heterocycles. The maximum Gasteiger partial charge on any atom is 0.168 e. The zero-order chi connectivity index (χ0) is 10.8. The van der Waals surface area contributed by atoms with E-state index >= 15 is 0 Å². The molecule has 0 amide bonds. The highest BCUT2D eigenvalue weighted by Crippen LogP contribution is 2.25. The predicted octanol–water partition coefficient (Wildman–Crippen LogP) is 1.26. The first-order valence-electron chi connectivity index (χ1n) is 4.67. The molecule has 0 aliphatic heterocycles. The SMILES string of the molecule is NC(N)C(=O)Cc1csc2ccccc12. The Balaban J connectivity index is 2.33. The summed E-state index contributed by atoms with van der Waals surface area (Å²) in [5.74, 6) is -0.126. The Morgan fingerprint density at radius 1 is 1.33 bits per heavy atom. The Labute approximate surface area is 91.7 Å². The average Bonchev–Trinajstić information content (AvgIpc) is 2.62. The summed E-state index contributed by atoms with van der Waals surface area (Å²) in [5, 5.41) is 3.11. The summed E-state index contributed by atoms with van der Waals surface area (Å²) in [6.45, 7) is 0. The zero-order valence-corrected chi connectivity index (χ0v) is 8.96. The number of rotatable bonds is 3. The molecular weight excluding hydrogens is 208 g/mol. The van der Waals surface area contributed by atoms with Crippen molar-refractivity contribution in [2.75, 3.05) is 0 Å². The van der Waals surface area contributed by atoms with E-state index in [0.29, 0.717) is 6.42 Å². The van der Waals surface area contributed by atoms with Crippen molar-refractivity contribution in [1.29, 1.82) is 0 Å². The first kappa shape index (κ1) is 10.3. The van der Waals surface area contributed by atoms with Gasteiger partial charge < -0.3 is 11.5 Å². The number of benzene rings is 1. The molecule has 78 valence electrons. The first-order chi connectivity index (χ1) is 7.18. The number of Topliss-reactive ketones (excluding diaryl/α,β-unsaturated/α-hetero) is 1.